The predicted molar refractivity (Wildman–Crippen MR) is 215 cm³/mol. The Balaban J connectivity index is 0.000000343. The van der Waals surface area contributed by atoms with Gasteiger partial charge in [-0.1, -0.05) is 117 Å². The molecule has 0 amide bonds. The maximum Gasteiger partial charge on any atom is -0.109 e. The molecule has 5 aromatic rings. The molecule has 0 fully saturated rings. The van der Waals surface area contributed by atoms with E-state index in [2.05, 4.69) is 126 Å². The second-order valence-electron chi connectivity index (χ2n) is 17.9. The first-order valence-corrected chi connectivity index (χ1v) is 19.4. The zero-order valence-corrected chi connectivity index (χ0v) is 37.9. The fraction of sp³-hybridized carbons (Fsp3) is 0.375. The van der Waals surface area contributed by atoms with Crippen molar-refractivity contribution in [2.45, 2.75) is 117 Å². The van der Waals surface area contributed by atoms with Gasteiger partial charge in [0.15, 0.2) is 0 Å². The van der Waals surface area contributed by atoms with Crippen LogP contribution in [-0.2, 0) is 52.1 Å². The minimum Gasteiger partial charge on any atom is -1.00 e. The molecule has 1 aliphatic carbocycles. The molecule has 288 valence electrons. The molecule has 6 rings (SSSR count). The van der Waals surface area contributed by atoms with Crippen LogP contribution >= 0.6 is 0 Å². The van der Waals surface area contributed by atoms with Crippen LogP contribution in [-0.4, -0.2) is 3.21 Å². The number of benzene rings is 4. The van der Waals surface area contributed by atoms with Crippen molar-refractivity contribution in [2.75, 3.05) is 0 Å². The molecule has 1 aliphatic rings. The largest absolute Gasteiger partial charge is 1.00 e. The van der Waals surface area contributed by atoms with Gasteiger partial charge in [-0.05, 0) is 21.7 Å². The normalized spacial score (nSPS) is 13.1. The summed E-state index contributed by atoms with van der Waals surface area (Å²) in [5.74, 6) is 0. The number of rotatable bonds is 2. The number of alkyl halides is 3. The van der Waals surface area contributed by atoms with Gasteiger partial charge in [0.05, 0.1) is 0 Å². The van der Waals surface area contributed by atoms with E-state index in [1.165, 1.54) is 55.9 Å². The van der Waals surface area contributed by atoms with Crippen LogP contribution < -0.4 is 24.8 Å². The maximum atomic E-state index is 12.6. The molecule has 0 saturated heterocycles. The Morgan fingerprint density at radius 1 is 0.574 bits per heavy atom. The van der Waals surface area contributed by atoms with Crippen LogP contribution in [0.4, 0.5) is 13.2 Å². The summed E-state index contributed by atoms with van der Waals surface area (Å²) in [6, 6.07) is 27.2. The second kappa shape index (κ2) is 18.1. The number of allylic oxidation sites excluding steroid dienone is 4. The van der Waals surface area contributed by atoms with Gasteiger partial charge in [0, 0.05) is 0 Å². The molecule has 0 heterocycles. The van der Waals surface area contributed by atoms with Crippen molar-refractivity contribution < 1.29 is 62.2 Å². The number of hydrogen-bond donors (Lipinski definition) is 0. The van der Waals surface area contributed by atoms with Crippen LogP contribution in [0.15, 0.2) is 103 Å². The molecule has 0 radical (unpaired) electrons. The van der Waals surface area contributed by atoms with Crippen LogP contribution in [0, 0.1) is 6.08 Å². The molecule has 0 N–H and O–H groups in total. The van der Waals surface area contributed by atoms with E-state index in [4.69, 9.17) is 0 Å². The summed E-state index contributed by atoms with van der Waals surface area (Å²) < 4.78 is 38.8. The smallest absolute Gasteiger partial charge is 0.109 e. The van der Waals surface area contributed by atoms with Gasteiger partial charge < -0.3 is 24.8 Å². The molecule has 0 nitrogen and oxygen atoms in total. The number of hydrogen-bond acceptors (Lipinski definition) is 0. The summed E-state index contributed by atoms with van der Waals surface area (Å²) in [6.45, 7) is 28.0. The van der Waals surface area contributed by atoms with Gasteiger partial charge in [-0.3, -0.25) is 6.08 Å². The first-order valence-electron chi connectivity index (χ1n) is 18.2. The van der Waals surface area contributed by atoms with Gasteiger partial charge in [0.1, 0.15) is 0 Å². The van der Waals surface area contributed by atoms with Crippen molar-refractivity contribution >= 4 is 24.8 Å². The molecule has 54 heavy (non-hydrogen) atoms. The molecule has 0 unspecified atom stereocenters. The minimum atomic E-state index is -4.29. The van der Waals surface area contributed by atoms with Crippen molar-refractivity contribution in [3.8, 4) is 0 Å². The van der Waals surface area contributed by atoms with Crippen molar-refractivity contribution in [3.05, 3.63) is 148 Å². The number of fused-ring (bicyclic) bond motifs is 3. The molecule has 5 aromatic carbocycles. The predicted octanol–water partition coefficient (Wildman–Crippen LogP) is 8.04. The third-order valence-electron chi connectivity index (χ3n) is 9.34. The van der Waals surface area contributed by atoms with Gasteiger partial charge in [-0.25, -0.2) is 12.2 Å². The summed E-state index contributed by atoms with van der Waals surface area (Å²) in [6.07, 6.45) is 5.71. The summed E-state index contributed by atoms with van der Waals surface area (Å²) in [7, 11) is 0. The second-order valence-corrected chi connectivity index (χ2v) is 19.2. The SMILES string of the molecule is CC(C)(C)c1cc2[cH-]c3cc(C(C)(C)C)c(C(C)(C)C)cc3c2cc1C(C)(C)C.FC(F)(F)c1cccc([C](=[Zr+2])c2ccccc2)c1.[C-]1=CC=CC1.[Cl-].[Cl-]. The van der Waals surface area contributed by atoms with E-state index in [0.29, 0.717) is 5.56 Å². The van der Waals surface area contributed by atoms with E-state index in [0.717, 1.165) is 45.5 Å². The van der Waals surface area contributed by atoms with Gasteiger partial charge in [0.25, 0.3) is 0 Å². The topological polar surface area (TPSA) is 0 Å². The molecule has 0 aromatic heterocycles. The van der Waals surface area contributed by atoms with Crippen LogP contribution in [0.25, 0.3) is 21.5 Å². The van der Waals surface area contributed by atoms with E-state index >= 15 is 0 Å². The molecular weight excluding hydrogens is 796 g/mol. The number of halogens is 5. The molecule has 0 bridgehead atoms. The standard InChI is InChI=1S/C29H41.C14H9F3.C5H5.2ClH.Zr/c1-26(2,3)22-14-18-13-19-15-23(27(4,5)6)25(29(10,11)12)17-21(19)20(18)16-24(22)28(7,8)9;15-14(16,17)13-8-4-7-12(10-13)9-11-5-2-1-3-6-11;1-2-4-5-3-1;;;/h13-17H,1-12H3;1-8,10H;1-3H,4H2;2*1H;/q-1;;-1;;;+2/p-2. The van der Waals surface area contributed by atoms with E-state index in [9.17, 15) is 13.2 Å². The molecule has 0 spiro atoms. The van der Waals surface area contributed by atoms with Crippen molar-refractivity contribution in [2.24, 2.45) is 0 Å². The van der Waals surface area contributed by atoms with Crippen LogP contribution in [0.1, 0.15) is 128 Å². The molecular formula is C48H55Cl2F3Zr-2. The van der Waals surface area contributed by atoms with E-state index < -0.39 is 11.7 Å². The summed E-state index contributed by atoms with van der Waals surface area (Å²) in [5.41, 5.74) is 7.40. The van der Waals surface area contributed by atoms with Gasteiger partial charge in [-0.2, -0.15) is 6.08 Å². The molecule has 0 aliphatic heterocycles. The average Bonchev–Trinajstić information content (AvgIpc) is 3.74. The molecule has 0 saturated carbocycles. The van der Waals surface area contributed by atoms with Crippen molar-refractivity contribution in [3.63, 3.8) is 0 Å². The summed E-state index contributed by atoms with van der Waals surface area (Å²) in [4.78, 5) is 0. The minimum absolute atomic E-state index is 0. The van der Waals surface area contributed by atoms with E-state index in [-0.39, 0.29) is 46.5 Å². The van der Waals surface area contributed by atoms with Gasteiger partial charge in [0.2, 0.25) is 0 Å². The summed E-state index contributed by atoms with van der Waals surface area (Å²) >= 11 is 1.09. The molecule has 0 atom stereocenters. The van der Waals surface area contributed by atoms with E-state index in [1.54, 1.807) is 6.07 Å². The monoisotopic (exact) mass is 848 g/mol. The Morgan fingerprint density at radius 3 is 1.35 bits per heavy atom. The van der Waals surface area contributed by atoms with Crippen molar-refractivity contribution in [1.82, 2.24) is 0 Å². The fourth-order valence-electron chi connectivity index (χ4n) is 6.55. The first kappa shape index (κ1) is 47.5. The van der Waals surface area contributed by atoms with Crippen LogP contribution in [0.2, 0.25) is 0 Å². The first-order chi connectivity index (χ1) is 23.9. The fourth-order valence-corrected chi connectivity index (χ4v) is 7.34. The average molecular weight is 851 g/mol. The summed E-state index contributed by atoms with van der Waals surface area (Å²) in [5, 5.41) is 5.57. The quantitative estimate of drug-likeness (QED) is 0.158. The van der Waals surface area contributed by atoms with Crippen LogP contribution in [0.5, 0.6) is 0 Å². The third-order valence-corrected chi connectivity index (χ3v) is 10.8. The maximum absolute atomic E-state index is 12.6. The Bertz CT molecular complexity index is 1990. The Morgan fingerprint density at radius 2 is 1.00 bits per heavy atom. The Kier molecular flexibility index (Phi) is 15.9. The van der Waals surface area contributed by atoms with E-state index in [1.807, 2.05) is 42.5 Å². The van der Waals surface area contributed by atoms with Crippen molar-refractivity contribution in [1.29, 1.82) is 0 Å². The Hall–Kier alpha value is -2.65. The molecule has 6 heteroatoms. The zero-order chi connectivity index (χ0) is 38.9. The van der Waals surface area contributed by atoms with Gasteiger partial charge in [-0.15, -0.1) is 46.2 Å². The van der Waals surface area contributed by atoms with Gasteiger partial charge >= 0.3 is 118 Å². The third kappa shape index (κ3) is 11.9. The zero-order valence-electron chi connectivity index (χ0n) is 33.9. The Labute approximate surface area is 350 Å². The van der Waals surface area contributed by atoms with Crippen LogP contribution in [0.3, 0.4) is 0 Å².